The average molecular weight is 521 g/mol. The fourth-order valence-corrected chi connectivity index (χ4v) is 3.81. The second-order valence-electron chi connectivity index (χ2n) is 9.45. The molecule has 0 aliphatic rings. The van der Waals surface area contributed by atoms with Crippen molar-refractivity contribution in [3.05, 3.63) is 84.2 Å². The van der Waals surface area contributed by atoms with E-state index in [1.54, 1.807) is 0 Å². The van der Waals surface area contributed by atoms with E-state index in [0.717, 1.165) is 25.9 Å². The Labute approximate surface area is 224 Å². The van der Waals surface area contributed by atoms with Crippen LogP contribution in [-0.4, -0.2) is 57.3 Å². The minimum Gasteiger partial charge on any atom is -0.478 e. The lowest BCUT2D eigenvalue weighted by atomic mass is 10.1. The van der Waals surface area contributed by atoms with E-state index >= 15 is 0 Å². The zero-order valence-corrected chi connectivity index (χ0v) is 22.6. The molecule has 0 fully saturated rings. The highest BCUT2D eigenvalue weighted by Gasteiger charge is 2.03. The predicted molar refractivity (Wildman–Crippen MR) is 155 cm³/mol. The van der Waals surface area contributed by atoms with Crippen molar-refractivity contribution in [3.8, 4) is 0 Å². The van der Waals surface area contributed by atoms with E-state index in [2.05, 4.69) is 109 Å². The minimum absolute atomic E-state index is 0.558. The van der Waals surface area contributed by atoms with Crippen molar-refractivity contribution in [1.82, 2.24) is 20.6 Å². The highest BCUT2D eigenvalue weighted by molar-refractivity contribution is 5.89. The Hall–Kier alpha value is -3.88. The van der Waals surface area contributed by atoms with Crippen LogP contribution in [0.3, 0.4) is 0 Å². The van der Waals surface area contributed by atoms with Gasteiger partial charge in [0.1, 0.15) is 0 Å². The predicted octanol–water partition coefficient (Wildman–Crippen LogP) is 5.13. The SMILES string of the molecule is CC(C)NCCc1c[nH]c2ccccc12.CC(C)NCCc1c[nH]c2ccccc12.O=C(O)/C=C/C(=O)O. The average Bonchev–Trinajstić information content (AvgIpc) is 3.48. The number of aromatic nitrogens is 2. The first-order valence-electron chi connectivity index (χ1n) is 12.9. The Balaban J connectivity index is 0.000000211. The van der Waals surface area contributed by atoms with Gasteiger partial charge in [-0.1, -0.05) is 64.1 Å². The molecule has 4 aromatic rings. The number of aromatic amines is 2. The molecule has 38 heavy (non-hydrogen) atoms. The molecule has 0 amide bonds. The molecule has 0 saturated heterocycles. The Morgan fingerprint density at radius 1 is 0.711 bits per heavy atom. The highest BCUT2D eigenvalue weighted by Crippen LogP contribution is 2.18. The van der Waals surface area contributed by atoms with Gasteiger partial charge in [-0.15, -0.1) is 0 Å². The van der Waals surface area contributed by atoms with E-state index in [0.29, 0.717) is 24.2 Å². The molecule has 8 nitrogen and oxygen atoms in total. The van der Waals surface area contributed by atoms with Crippen LogP contribution in [0.4, 0.5) is 0 Å². The first-order valence-corrected chi connectivity index (χ1v) is 12.9. The maximum Gasteiger partial charge on any atom is 0.328 e. The molecule has 204 valence electrons. The van der Waals surface area contributed by atoms with Crippen LogP contribution in [-0.2, 0) is 22.4 Å². The molecule has 0 saturated carbocycles. The van der Waals surface area contributed by atoms with Gasteiger partial charge in [0.2, 0.25) is 0 Å². The summed E-state index contributed by atoms with van der Waals surface area (Å²) in [6, 6.07) is 18.0. The topological polar surface area (TPSA) is 130 Å². The second-order valence-corrected chi connectivity index (χ2v) is 9.45. The number of fused-ring (bicyclic) bond motifs is 2. The van der Waals surface area contributed by atoms with E-state index in [1.165, 1.54) is 32.9 Å². The van der Waals surface area contributed by atoms with E-state index < -0.39 is 11.9 Å². The molecule has 0 spiro atoms. The number of carbonyl (C=O) groups is 2. The maximum atomic E-state index is 9.55. The van der Waals surface area contributed by atoms with Gasteiger partial charge in [0, 0.05) is 58.4 Å². The molecule has 0 bridgehead atoms. The number of rotatable bonds is 10. The van der Waals surface area contributed by atoms with Crippen molar-refractivity contribution in [2.75, 3.05) is 13.1 Å². The summed E-state index contributed by atoms with van der Waals surface area (Å²) in [6.07, 6.45) is 7.52. The van der Waals surface area contributed by atoms with Gasteiger partial charge < -0.3 is 30.8 Å². The van der Waals surface area contributed by atoms with Crippen LogP contribution < -0.4 is 10.6 Å². The number of carboxylic acid groups (broad SMARTS) is 2. The number of carboxylic acids is 2. The molecule has 0 radical (unpaired) electrons. The quantitative estimate of drug-likeness (QED) is 0.161. The summed E-state index contributed by atoms with van der Waals surface area (Å²) in [5.41, 5.74) is 5.27. The Morgan fingerprint density at radius 2 is 1.08 bits per heavy atom. The van der Waals surface area contributed by atoms with Gasteiger partial charge in [-0.25, -0.2) is 9.59 Å². The fraction of sp³-hybridized carbons (Fsp3) is 0.333. The van der Waals surface area contributed by atoms with Gasteiger partial charge in [-0.05, 0) is 49.2 Å². The van der Waals surface area contributed by atoms with Crippen LogP contribution >= 0.6 is 0 Å². The third kappa shape index (κ3) is 11.0. The summed E-state index contributed by atoms with van der Waals surface area (Å²) < 4.78 is 0. The smallest absolute Gasteiger partial charge is 0.328 e. The first kappa shape index (κ1) is 30.3. The van der Waals surface area contributed by atoms with Gasteiger partial charge in [-0.3, -0.25) is 0 Å². The van der Waals surface area contributed by atoms with Crippen molar-refractivity contribution in [3.63, 3.8) is 0 Å². The highest BCUT2D eigenvalue weighted by atomic mass is 16.4. The molecule has 0 unspecified atom stereocenters. The number of nitrogens with one attached hydrogen (secondary N) is 4. The van der Waals surface area contributed by atoms with Gasteiger partial charge in [-0.2, -0.15) is 0 Å². The molecule has 2 aromatic heterocycles. The van der Waals surface area contributed by atoms with Crippen molar-refractivity contribution in [2.24, 2.45) is 0 Å². The molecule has 4 rings (SSSR count). The standard InChI is InChI=1S/2C13H18N2.C4H4O4/c2*1-10(2)14-8-7-11-9-15-13-6-4-3-5-12(11)13;5-3(6)1-2-4(7)8/h2*3-6,9-10,14-15H,7-8H2,1-2H3;1-2H,(H,5,6)(H,7,8)/b;;2-1+. The lowest BCUT2D eigenvalue weighted by Crippen LogP contribution is -2.24. The summed E-state index contributed by atoms with van der Waals surface area (Å²) in [6.45, 7) is 10.8. The molecule has 6 N–H and O–H groups in total. The molecule has 0 aliphatic carbocycles. The zero-order valence-electron chi connectivity index (χ0n) is 22.6. The van der Waals surface area contributed by atoms with Crippen LogP contribution in [0.25, 0.3) is 21.8 Å². The lowest BCUT2D eigenvalue weighted by molar-refractivity contribution is -0.134. The van der Waals surface area contributed by atoms with Gasteiger partial charge in [0.05, 0.1) is 0 Å². The number of aliphatic carboxylic acids is 2. The summed E-state index contributed by atoms with van der Waals surface area (Å²) in [5.74, 6) is -2.51. The van der Waals surface area contributed by atoms with Crippen LogP contribution in [0.15, 0.2) is 73.1 Å². The van der Waals surface area contributed by atoms with Crippen LogP contribution in [0.5, 0.6) is 0 Å². The summed E-state index contributed by atoms with van der Waals surface area (Å²) in [5, 5.41) is 25.2. The molecule has 2 heterocycles. The van der Waals surface area contributed by atoms with Crippen LogP contribution in [0.1, 0.15) is 38.8 Å². The Kier molecular flexibility index (Phi) is 12.8. The molecule has 0 aliphatic heterocycles. The monoisotopic (exact) mass is 520 g/mol. The summed E-state index contributed by atoms with van der Waals surface area (Å²) >= 11 is 0. The molecular weight excluding hydrogens is 480 g/mol. The molecule has 2 aromatic carbocycles. The first-order chi connectivity index (χ1) is 18.2. The van der Waals surface area contributed by atoms with Gasteiger partial charge in [0.25, 0.3) is 0 Å². The fourth-order valence-electron chi connectivity index (χ4n) is 3.81. The molecule has 8 heteroatoms. The van der Waals surface area contributed by atoms with Crippen LogP contribution in [0.2, 0.25) is 0 Å². The van der Waals surface area contributed by atoms with E-state index in [4.69, 9.17) is 10.2 Å². The number of para-hydroxylation sites is 2. The van der Waals surface area contributed by atoms with Crippen molar-refractivity contribution in [1.29, 1.82) is 0 Å². The number of benzene rings is 2. The van der Waals surface area contributed by atoms with Crippen molar-refractivity contribution < 1.29 is 19.8 Å². The Morgan fingerprint density at radius 3 is 1.42 bits per heavy atom. The van der Waals surface area contributed by atoms with E-state index in [1.807, 2.05) is 0 Å². The lowest BCUT2D eigenvalue weighted by Gasteiger charge is -2.06. The summed E-state index contributed by atoms with van der Waals surface area (Å²) in [4.78, 5) is 25.7. The third-order valence-corrected chi connectivity index (χ3v) is 5.61. The maximum absolute atomic E-state index is 9.55. The van der Waals surface area contributed by atoms with Crippen molar-refractivity contribution >= 4 is 33.7 Å². The zero-order chi connectivity index (χ0) is 27.9. The number of hydrogen-bond acceptors (Lipinski definition) is 4. The Bertz CT molecular complexity index is 1200. The largest absolute Gasteiger partial charge is 0.478 e. The number of hydrogen-bond donors (Lipinski definition) is 6. The van der Waals surface area contributed by atoms with E-state index in [-0.39, 0.29) is 0 Å². The summed E-state index contributed by atoms with van der Waals surface area (Å²) in [7, 11) is 0. The second kappa shape index (κ2) is 16.1. The van der Waals surface area contributed by atoms with Gasteiger partial charge >= 0.3 is 11.9 Å². The molecular formula is C30H40N4O4. The number of H-pyrrole nitrogens is 2. The minimum atomic E-state index is -1.26. The third-order valence-electron chi connectivity index (χ3n) is 5.61. The van der Waals surface area contributed by atoms with Crippen molar-refractivity contribution in [2.45, 2.75) is 52.6 Å². The van der Waals surface area contributed by atoms with Gasteiger partial charge in [0.15, 0.2) is 0 Å². The van der Waals surface area contributed by atoms with E-state index in [9.17, 15) is 9.59 Å². The van der Waals surface area contributed by atoms with Crippen LogP contribution in [0, 0.1) is 0 Å². The molecule has 0 atom stereocenters. The normalized spacial score (nSPS) is 11.0.